The molecule has 2 amide bonds. The maximum absolute atomic E-state index is 12.5. The summed E-state index contributed by atoms with van der Waals surface area (Å²) in [5.41, 5.74) is -1.11. The largest absolute Gasteiger partial charge is 0.343 e. The number of nitrogens with zero attached hydrogens (tertiary/aromatic N) is 3. The lowest BCUT2D eigenvalue weighted by Gasteiger charge is -2.58. The molecule has 3 fully saturated rings. The second kappa shape index (κ2) is 6.11. The molecule has 0 aromatic heterocycles. The van der Waals surface area contributed by atoms with Gasteiger partial charge in [-0.1, -0.05) is 0 Å². The number of carbonyl (C=O) groups excluding carboxylic acids is 3. The van der Waals surface area contributed by atoms with Gasteiger partial charge in [-0.05, 0) is 25.7 Å². The van der Waals surface area contributed by atoms with Crippen LogP contribution in [0.5, 0.6) is 0 Å². The zero-order valence-electron chi connectivity index (χ0n) is 14.6. The Morgan fingerprint density at radius 1 is 0.833 bits per heavy atom. The molecule has 3 aliphatic rings. The van der Waals surface area contributed by atoms with Crippen LogP contribution in [0.3, 0.4) is 0 Å². The number of Topliss-reactive ketones (excluding diaryl/α,β-unsaturated/α-hetero) is 1. The molecule has 7 nitrogen and oxygen atoms in total. The molecule has 3 heterocycles. The fourth-order valence-electron chi connectivity index (χ4n) is 4.70. The summed E-state index contributed by atoms with van der Waals surface area (Å²) in [6, 6.07) is 0. The van der Waals surface area contributed by atoms with E-state index in [-0.39, 0.29) is 17.6 Å². The van der Waals surface area contributed by atoms with Gasteiger partial charge in [0.05, 0.1) is 11.1 Å². The molecule has 0 aromatic carbocycles. The van der Waals surface area contributed by atoms with Gasteiger partial charge in [0.15, 0.2) is 0 Å². The zero-order chi connectivity index (χ0) is 17.5. The van der Waals surface area contributed by atoms with Crippen molar-refractivity contribution >= 4 is 17.6 Å². The monoisotopic (exact) mass is 337 g/mol. The second-order valence-corrected chi connectivity index (χ2v) is 7.66. The van der Waals surface area contributed by atoms with Crippen LogP contribution in [0.15, 0.2) is 0 Å². The van der Waals surface area contributed by atoms with Gasteiger partial charge < -0.3 is 15.0 Å². The van der Waals surface area contributed by atoms with Crippen LogP contribution in [0.2, 0.25) is 0 Å². The van der Waals surface area contributed by atoms with Crippen molar-refractivity contribution in [1.29, 1.82) is 0 Å². The molecule has 1 N–H and O–H groups in total. The van der Waals surface area contributed by atoms with E-state index in [1.807, 2.05) is 0 Å². The molecular formula is C17H27N3O4. The van der Waals surface area contributed by atoms with E-state index in [9.17, 15) is 19.6 Å². The van der Waals surface area contributed by atoms with Crippen LogP contribution in [-0.2, 0) is 14.4 Å². The van der Waals surface area contributed by atoms with Crippen molar-refractivity contribution in [3.63, 3.8) is 0 Å². The first-order chi connectivity index (χ1) is 11.3. The van der Waals surface area contributed by atoms with E-state index in [0.29, 0.717) is 64.7 Å². The summed E-state index contributed by atoms with van der Waals surface area (Å²) in [7, 11) is 0. The van der Waals surface area contributed by atoms with Gasteiger partial charge in [0.25, 0.3) is 0 Å². The van der Waals surface area contributed by atoms with E-state index in [2.05, 4.69) is 0 Å². The zero-order valence-corrected chi connectivity index (χ0v) is 14.6. The van der Waals surface area contributed by atoms with Crippen LogP contribution < -0.4 is 0 Å². The van der Waals surface area contributed by atoms with Gasteiger partial charge in [-0.15, -0.1) is 0 Å². The highest BCUT2D eigenvalue weighted by molar-refractivity contribution is 5.82. The van der Waals surface area contributed by atoms with Gasteiger partial charge in [-0.3, -0.25) is 14.4 Å². The number of amides is 2. The third-order valence-corrected chi connectivity index (χ3v) is 6.23. The predicted octanol–water partition coefficient (Wildman–Crippen LogP) is 0.803. The summed E-state index contributed by atoms with van der Waals surface area (Å²) in [6.45, 7) is 5.43. The van der Waals surface area contributed by atoms with Crippen LogP contribution in [-0.4, -0.2) is 74.9 Å². The summed E-state index contributed by atoms with van der Waals surface area (Å²) in [4.78, 5) is 39.2. The van der Waals surface area contributed by atoms with E-state index < -0.39 is 11.1 Å². The molecule has 3 rings (SSSR count). The lowest BCUT2D eigenvalue weighted by Crippen LogP contribution is -2.69. The summed E-state index contributed by atoms with van der Waals surface area (Å²) >= 11 is 0. The number of carbonyl (C=O) groups is 3. The van der Waals surface area contributed by atoms with Crippen LogP contribution >= 0.6 is 0 Å². The highest BCUT2D eigenvalue weighted by atomic mass is 16.5. The number of hydroxylamine groups is 2. The van der Waals surface area contributed by atoms with Crippen LogP contribution in [0.25, 0.3) is 0 Å². The van der Waals surface area contributed by atoms with Crippen LogP contribution in [0.4, 0.5) is 0 Å². The van der Waals surface area contributed by atoms with Crippen LogP contribution in [0.1, 0.15) is 52.4 Å². The first kappa shape index (κ1) is 17.4. The van der Waals surface area contributed by atoms with Crippen molar-refractivity contribution < 1.29 is 19.6 Å². The SMILES string of the molecule is CC(=O)N1CCC2(CC1)CC(=O)CC1(CCN(C(C)=O)CC1)N2O. The Hall–Kier alpha value is -1.47. The molecule has 0 unspecified atom stereocenters. The maximum Gasteiger partial charge on any atom is 0.219 e. The number of ketones is 1. The molecule has 3 aliphatic heterocycles. The molecule has 134 valence electrons. The third kappa shape index (κ3) is 2.84. The standard InChI is InChI=1S/C17H27N3O4/c1-13(21)18-7-3-16(4-8-18)11-15(23)12-17(20(16)24)5-9-19(10-6-17)14(2)22/h24H,3-12H2,1-2H3. The molecule has 0 atom stereocenters. The van der Waals surface area contributed by atoms with Crippen molar-refractivity contribution in [2.45, 2.75) is 63.5 Å². The first-order valence-corrected chi connectivity index (χ1v) is 8.80. The molecule has 0 aliphatic carbocycles. The number of likely N-dealkylation sites (tertiary alicyclic amines) is 2. The Labute approximate surface area is 142 Å². The summed E-state index contributed by atoms with van der Waals surface area (Å²) in [5.74, 6) is 0.273. The van der Waals surface area contributed by atoms with Crippen molar-refractivity contribution in [2.75, 3.05) is 26.2 Å². The minimum Gasteiger partial charge on any atom is -0.343 e. The molecule has 0 saturated carbocycles. The smallest absolute Gasteiger partial charge is 0.219 e. The highest BCUT2D eigenvalue weighted by Crippen LogP contribution is 2.46. The molecule has 0 aromatic rings. The van der Waals surface area contributed by atoms with Gasteiger partial charge in [0.2, 0.25) is 11.8 Å². The van der Waals surface area contributed by atoms with E-state index in [1.165, 1.54) is 5.06 Å². The number of rotatable bonds is 0. The number of piperidine rings is 3. The lowest BCUT2D eigenvalue weighted by molar-refractivity contribution is -0.273. The van der Waals surface area contributed by atoms with Gasteiger partial charge in [0, 0.05) is 52.9 Å². The highest BCUT2D eigenvalue weighted by Gasteiger charge is 2.55. The van der Waals surface area contributed by atoms with Gasteiger partial charge in [-0.25, -0.2) is 0 Å². The van der Waals surface area contributed by atoms with Crippen molar-refractivity contribution in [2.24, 2.45) is 0 Å². The minimum atomic E-state index is -0.556. The predicted molar refractivity (Wildman–Crippen MR) is 86.3 cm³/mol. The number of hydrogen-bond acceptors (Lipinski definition) is 5. The Balaban J connectivity index is 1.78. The quantitative estimate of drug-likeness (QED) is 0.707. The summed E-state index contributed by atoms with van der Waals surface area (Å²) in [5, 5.41) is 12.6. The average Bonchev–Trinajstić information content (AvgIpc) is 2.53. The molecule has 7 heteroatoms. The molecule has 24 heavy (non-hydrogen) atoms. The Kier molecular flexibility index (Phi) is 4.42. The Bertz CT molecular complexity index is 500. The average molecular weight is 337 g/mol. The molecule has 0 bridgehead atoms. The van der Waals surface area contributed by atoms with E-state index in [0.717, 1.165) is 0 Å². The topological polar surface area (TPSA) is 81.2 Å². The van der Waals surface area contributed by atoms with E-state index in [4.69, 9.17) is 0 Å². The van der Waals surface area contributed by atoms with E-state index in [1.54, 1.807) is 23.6 Å². The van der Waals surface area contributed by atoms with Gasteiger partial charge in [-0.2, -0.15) is 5.06 Å². The lowest BCUT2D eigenvalue weighted by atomic mass is 9.69. The fraction of sp³-hybridized carbons (Fsp3) is 0.824. The Morgan fingerprint density at radius 3 is 1.46 bits per heavy atom. The van der Waals surface area contributed by atoms with Crippen molar-refractivity contribution in [3.05, 3.63) is 0 Å². The van der Waals surface area contributed by atoms with Crippen molar-refractivity contribution in [1.82, 2.24) is 14.9 Å². The molecule has 0 radical (unpaired) electrons. The second-order valence-electron chi connectivity index (χ2n) is 7.66. The van der Waals surface area contributed by atoms with Crippen molar-refractivity contribution in [3.8, 4) is 0 Å². The fourth-order valence-corrected chi connectivity index (χ4v) is 4.70. The summed E-state index contributed by atoms with van der Waals surface area (Å²) < 4.78 is 0. The first-order valence-electron chi connectivity index (χ1n) is 8.80. The molecule has 2 spiro atoms. The molecule has 3 saturated heterocycles. The third-order valence-electron chi connectivity index (χ3n) is 6.23. The minimum absolute atomic E-state index is 0.0426. The maximum atomic E-state index is 12.5. The summed E-state index contributed by atoms with van der Waals surface area (Å²) in [6.07, 6.45) is 3.18. The Morgan fingerprint density at radius 2 is 1.17 bits per heavy atom. The normalized spacial score (nSPS) is 26.9. The number of hydrogen-bond donors (Lipinski definition) is 1. The van der Waals surface area contributed by atoms with Crippen LogP contribution in [0, 0.1) is 0 Å². The van der Waals surface area contributed by atoms with Gasteiger partial charge >= 0.3 is 0 Å². The molecular weight excluding hydrogens is 310 g/mol. The van der Waals surface area contributed by atoms with Gasteiger partial charge in [0.1, 0.15) is 5.78 Å². The van der Waals surface area contributed by atoms with E-state index >= 15 is 0 Å².